The first-order valence-electron chi connectivity index (χ1n) is 5.63. The molecule has 4 nitrogen and oxygen atoms in total. The van der Waals surface area contributed by atoms with Gasteiger partial charge in [0.25, 0.3) is 0 Å². The summed E-state index contributed by atoms with van der Waals surface area (Å²) in [6.45, 7) is 11.8. The Bertz CT molecular complexity index is 113. The SMILES string of the molecule is CCCN(CCC)OON(CC)CC. The Morgan fingerprint density at radius 2 is 1.14 bits per heavy atom. The quantitative estimate of drug-likeness (QED) is 0.425. The number of hydrogen-bond donors (Lipinski definition) is 0. The molecular weight excluding hydrogens is 180 g/mol. The zero-order chi connectivity index (χ0) is 10.8. The van der Waals surface area contributed by atoms with E-state index in [1.165, 1.54) is 0 Å². The second-order valence-corrected chi connectivity index (χ2v) is 3.19. The van der Waals surface area contributed by atoms with Crippen molar-refractivity contribution in [3.63, 3.8) is 0 Å². The third kappa shape index (κ3) is 6.32. The summed E-state index contributed by atoms with van der Waals surface area (Å²) in [5.74, 6) is 0. The molecule has 0 aliphatic rings. The average Bonchev–Trinajstić information content (AvgIpc) is 2.20. The highest BCUT2D eigenvalue weighted by molar-refractivity contribution is 4.40. The third-order valence-electron chi connectivity index (χ3n) is 1.90. The van der Waals surface area contributed by atoms with Crippen molar-refractivity contribution in [2.24, 2.45) is 0 Å². The Hall–Kier alpha value is -0.160. The van der Waals surface area contributed by atoms with Gasteiger partial charge in [-0.2, -0.15) is 10.1 Å². The molecule has 0 amide bonds. The molecule has 0 N–H and O–H groups in total. The minimum atomic E-state index is 0.836. The summed E-state index contributed by atoms with van der Waals surface area (Å²) in [4.78, 5) is 10.4. The molecule has 0 saturated carbocycles. The first-order valence-corrected chi connectivity index (χ1v) is 5.63. The van der Waals surface area contributed by atoms with Crippen molar-refractivity contribution >= 4 is 0 Å². The highest BCUT2D eigenvalue weighted by Gasteiger charge is 2.06. The molecule has 0 aromatic carbocycles. The molecule has 0 unspecified atom stereocenters. The van der Waals surface area contributed by atoms with Crippen LogP contribution in [-0.2, 0) is 9.98 Å². The van der Waals surface area contributed by atoms with E-state index >= 15 is 0 Å². The zero-order valence-electron chi connectivity index (χ0n) is 9.95. The van der Waals surface area contributed by atoms with Gasteiger partial charge in [-0.1, -0.05) is 13.8 Å². The summed E-state index contributed by atoms with van der Waals surface area (Å²) in [5.41, 5.74) is 0. The summed E-state index contributed by atoms with van der Waals surface area (Å²) in [6, 6.07) is 0. The molecule has 0 atom stereocenters. The molecule has 0 bridgehead atoms. The molecular formula is C10H24N2O2. The number of rotatable bonds is 9. The van der Waals surface area contributed by atoms with Crippen molar-refractivity contribution in [2.45, 2.75) is 40.5 Å². The highest BCUT2D eigenvalue weighted by atomic mass is 17.3. The van der Waals surface area contributed by atoms with Crippen molar-refractivity contribution in [1.29, 1.82) is 0 Å². The normalized spacial score (nSPS) is 11.6. The first-order chi connectivity index (χ1) is 6.78. The van der Waals surface area contributed by atoms with E-state index < -0.39 is 0 Å². The van der Waals surface area contributed by atoms with E-state index in [0.717, 1.165) is 39.0 Å². The molecule has 0 aliphatic heterocycles. The predicted octanol–water partition coefficient (Wildman–Crippen LogP) is 2.23. The first kappa shape index (κ1) is 13.8. The Balaban J connectivity index is 3.67. The van der Waals surface area contributed by atoms with Crippen LogP contribution in [0.25, 0.3) is 0 Å². The van der Waals surface area contributed by atoms with Crippen LogP contribution in [0.4, 0.5) is 0 Å². The van der Waals surface area contributed by atoms with Gasteiger partial charge in [0, 0.05) is 26.2 Å². The van der Waals surface area contributed by atoms with E-state index in [2.05, 4.69) is 13.8 Å². The molecule has 0 aromatic rings. The second-order valence-electron chi connectivity index (χ2n) is 3.19. The Morgan fingerprint density at radius 1 is 0.714 bits per heavy atom. The molecule has 0 aliphatic carbocycles. The maximum absolute atomic E-state index is 5.23. The lowest BCUT2D eigenvalue weighted by Crippen LogP contribution is -2.32. The van der Waals surface area contributed by atoms with Crippen molar-refractivity contribution in [2.75, 3.05) is 26.2 Å². The fourth-order valence-corrected chi connectivity index (χ4v) is 1.11. The van der Waals surface area contributed by atoms with Gasteiger partial charge in [0.1, 0.15) is 0 Å². The van der Waals surface area contributed by atoms with Gasteiger partial charge >= 0.3 is 0 Å². The second kappa shape index (κ2) is 9.40. The van der Waals surface area contributed by atoms with E-state index in [9.17, 15) is 0 Å². The minimum absolute atomic E-state index is 0.836. The molecule has 0 saturated heterocycles. The molecule has 0 rings (SSSR count). The lowest BCUT2D eigenvalue weighted by atomic mass is 10.4. The summed E-state index contributed by atoms with van der Waals surface area (Å²) >= 11 is 0. The van der Waals surface area contributed by atoms with Gasteiger partial charge in [0.2, 0.25) is 0 Å². The fourth-order valence-electron chi connectivity index (χ4n) is 1.11. The van der Waals surface area contributed by atoms with Crippen LogP contribution in [0.15, 0.2) is 0 Å². The summed E-state index contributed by atoms with van der Waals surface area (Å²) in [7, 11) is 0. The van der Waals surface area contributed by atoms with E-state index in [1.54, 1.807) is 5.06 Å². The molecule has 0 radical (unpaired) electrons. The number of hydrogen-bond acceptors (Lipinski definition) is 4. The summed E-state index contributed by atoms with van der Waals surface area (Å²) < 4.78 is 0. The van der Waals surface area contributed by atoms with Gasteiger partial charge in [-0.05, 0) is 26.7 Å². The van der Waals surface area contributed by atoms with Crippen LogP contribution in [0.2, 0.25) is 0 Å². The maximum Gasteiger partial charge on any atom is 0.0268 e. The van der Waals surface area contributed by atoms with Crippen LogP contribution in [0, 0.1) is 0 Å². The van der Waals surface area contributed by atoms with Crippen LogP contribution >= 0.6 is 0 Å². The van der Waals surface area contributed by atoms with Crippen LogP contribution in [-0.4, -0.2) is 36.3 Å². The lowest BCUT2D eigenvalue weighted by molar-refractivity contribution is -0.514. The van der Waals surface area contributed by atoms with Crippen molar-refractivity contribution in [3.05, 3.63) is 0 Å². The molecule has 0 fully saturated rings. The zero-order valence-corrected chi connectivity index (χ0v) is 9.95. The Kier molecular flexibility index (Phi) is 9.29. The van der Waals surface area contributed by atoms with Gasteiger partial charge in [-0.25, -0.2) is 0 Å². The maximum atomic E-state index is 5.23. The van der Waals surface area contributed by atoms with E-state index in [0.29, 0.717) is 0 Å². The van der Waals surface area contributed by atoms with Crippen molar-refractivity contribution < 1.29 is 9.98 Å². The van der Waals surface area contributed by atoms with E-state index in [1.807, 2.05) is 18.9 Å². The van der Waals surface area contributed by atoms with Crippen LogP contribution in [0.1, 0.15) is 40.5 Å². The minimum Gasteiger partial charge on any atom is -0.156 e. The van der Waals surface area contributed by atoms with Gasteiger partial charge in [0.05, 0.1) is 0 Å². The molecule has 4 heteroatoms. The van der Waals surface area contributed by atoms with E-state index in [-0.39, 0.29) is 0 Å². The Labute approximate surface area is 87.6 Å². The van der Waals surface area contributed by atoms with E-state index in [4.69, 9.17) is 9.98 Å². The molecule has 0 aromatic heterocycles. The van der Waals surface area contributed by atoms with Gasteiger partial charge < -0.3 is 0 Å². The largest absolute Gasteiger partial charge is 0.156 e. The predicted molar refractivity (Wildman–Crippen MR) is 57.2 cm³/mol. The number of nitrogens with zero attached hydrogens (tertiary/aromatic N) is 2. The summed E-state index contributed by atoms with van der Waals surface area (Å²) in [6.07, 6.45) is 2.14. The molecule has 86 valence electrons. The molecule has 0 spiro atoms. The highest BCUT2D eigenvalue weighted by Crippen LogP contribution is 1.99. The van der Waals surface area contributed by atoms with Crippen molar-refractivity contribution in [3.8, 4) is 0 Å². The number of hydroxylamine groups is 4. The lowest BCUT2D eigenvalue weighted by Gasteiger charge is -2.22. The third-order valence-corrected chi connectivity index (χ3v) is 1.90. The van der Waals surface area contributed by atoms with Gasteiger partial charge in [0.15, 0.2) is 0 Å². The topological polar surface area (TPSA) is 24.9 Å². The Morgan fingerprint density at radius 3 is 1.50 bits per heavy atom. The van der Waals surface area contributed by atoms with Gasteiger partial charge in [-0.15, -0.1) is 9.98 Å². The van der Waals surface area contributed by atoms with Crippen LogP contribution in [0.3, 0.4) is 0 Å². The smallest absolute Gasteiger partial charge is 0.0268 e. The summed E-state index contributed by atoms with van der Waals surface area (Å²) in [5, 5.41) is 3.64. The monoisotopic (exact) mass is 204 g/mol. The van der Waals surface area contributed by atoms with Crippen molar-refractivity contribution in [1.82, 2.24) is 10.1 Å². The average molecular weight is 204 g/mol. The van der Waals surface area contributed by atoms with Gasteiger partial charge in [-0.3, -0.25) is 0 Å². The standard InChI is InChI=1S/C10H24N2O2/c1-5-9-12(10-6-2)14-13-11(7-3)8-4/h5-10H2,1-4H3. The fraction of sp³-hybridized carbons (Fsp3) is 1.00. The molecule has 0 heterocycles. The molecule has 14 heavy (non-hydrogen) atoms. The van der Waals surface area contributed by atoms with Crippen LogP contribution in [0.5, 0.6) is 0 Å². The van der Waals surface area contributed by atoms with Crippen LogP contribution < -0.4 is 0 Å².